The molecular formula is C15H21BrClN5O. The first-order valence-corrected chi connectivity index (χ1v) is 8.70. The smallest absolute Gasteiger partial charge is 0.224 e. The highest BCUT2D eigenvalue weighted by molar-refractivity contribution is 9.10. The lowest BCUT2D eigenvalue weighted by molar-refractivity contribution is -0.124. The maximum absolute atomic E-state index is 12.2. The van der Waals surface area contributed by atoms with Gasteiger partial charge in [0.25, 0.3) is 0 Å². The maximum atomic E-state index is 12.2. The fourth-order valence-corrected chi connectivity index (χ4v) is 2.72. The molecule has 0 aliphatic heterocycles. The van der Waals surface area contributed by atoms with Crippen LogP contribution >= 0.6 is 27.5 Å². The van der Waals surface area contributed by atoms with Crippen molar-refractivity contribution in [2.45, 2.75) is 40.3 Å². The molecule has 0 spiro atoms. The van der Waals surface area contributed by atoms with Gasteiger partial charge in [-0.25, -0.2) is 0 Å². The Balaban J connectivity index is 1.75. The van der Waals surface area contributed by atoms with Gasteiger partial charge in [0.15, 0.2) is 0 Å². The Morgan fingerprint density at radius 2 is 2.22 bits per heavy atom. The zero-order chi connectivity index (χ0) is 17.0. The third kappa shape index (κ3) is 4.81. The molecule has 6 nitrogen and oxygen atoms in total. The standard InChI is InChI=1S/C15H21BrClN5O/c1-10(8-22-12(3)14(16)11(2)20-22)15(23)18-5-4-6-21-9-13(17)7-19-21/h7,9-10H,4-6,8H2,1-3H3,(H,18,23). The summed E-state index contributed by atoms with van der Waals surface area (Å²) in [7, 11) is 0. The summed E-state index contributed by atoms with van der Waals surface area (Å²) in [5.41, 5.74) is 1.98. The first-order valence-electron chi connectivity index (χ1n) is 7.53. The van der Waals surface area contributed by atoms with Crippen LogP contribution in [0, 0.1) is 19.8 Å². The lowest BCUT2D eigenvalue weighted by Gasteiger charge is -2.13. The summed E-state index contributed by atoms with van der Waals surface area (Å²) in [6, 6.07) is 0. The molecule has 0 aliphatic carbocycles. The topological polar surface area (TPSA) is 64.7 Å². The van der Waals surface area contributed by atoms with Crippen LogP contribution in [0.3, 0.4) is 0 Å². The monoisotopic (exact) mass is 401 g/mol. The van der Waals surface area contributed by atoms with E-state index < -0.39 is 0 Å². The Bertz CT molecular complexity index is 681. The highest BCUT2D eigenvalue weighted by Crippen LogP contribution is 2.20. The van der Waals surface area contributed by atoms with Crippen LogP contribution in [0.4, 0.5) is 0 Å². The Morgan fingerprint density at radius 1 is 1.48 bits per heavy atom. The van der Waals surface area contributed by atoms with E-state index in [1.807, 2.05) is 25.5 Å². The van der Waals surface area contributed by atoms with Crippen LogP contribution in [0.15, 0.2) is 16.9 Å². The van der Waals surface area contributed by atoms with E-state index in [0.717, 1.165) is 28.8 Å². The molecule has 0 bridgehead atoms. The fourth-order valence-electron chi connectivity index (χ4n) is 2.28. The van der Waals surface area contributed by atoms with Crippen molar-refractivity contribution in [3.63, 3.8) is 0 Å². The molecule has 1 N–H and O–H groups in total. The van der Waals surface area contributed by atoms with E-state index in [-0.39, 0.29) is 11.8 Å². The molecule has 23 heavy (non-hydrogen) atoms. The van der Waals surface area contributed by atoms with Gasteiger partial charge < -0.3 is 5.32 Å². The largest absolute Gasteiger partial charge is 0.356 e. The van der Waals surface area contributed by atoms with Gasteiger partial charge in [0, 0.05) is 25.0 Å². The number of carbonyl (C=O) groups is 1. The van der Waals surface area contributed by atoms with Gasteiger partial charge in [-0.15, -0.1) is 0 Å². The molecule has 1 amide bonds. The van der Waals surface area contributed by atoms with Gasteiger partial charge in [0.2, 0.25) is 5.91 Å². The highest BCUT2D eigenvalue weighted by atomic mass is 79.9. The Morgan fingerprint density at radius 3 is 2.78 bits per heavy atom. The van der Waals surface area contributed by atoms with Gasteiger partial charge in [0.05, 0.1) is 33.8 Å². The van der Waals surface area contributed by atoms with Crippen molar-refractivity contribution in [3.8, 4) is 0 Å². The molecule has 2 aromatic heterocycles. The molecule has 126 valence electrons. The van der Waals surface area contributed by atoms with Crippen LogP contribution in [-0.2, 0) is 17.9 Å². The minimum Gasteiger partial charge on any atom is -0.356 e. The predicted octanol–water partition coefficient (Wildman–Crippen LogP) is 2.95. The summed E-state index contributed by atoms with van der Waals surface area (Å²) in [5, 5.41) is 12.1. The summed E-state index contributed by atoms with van der Waals surface area (Å²) in [4.78, 5) is 12.2. The number of halogens is 2. The molecule has 2 aromatic rings. The zero-order valence-electron chi connectivity index (χ0n) is 13.5. The second kappa shape index (κ2) is 7.97. The fraction of sp³-hybridized carbons (Fsp3) is 0.533. The van der Waals surface area contributed by atoms with E-state index in [2.05, 4.69) is 31.4 Å². The molecular weight excluding hydrogens is 382 g/mol. The van der Waals surface area contributed by atoms with Crippen molar-refractivity contribution in [3.05, 3.63) is 33.3 Å². The van der Waals surface area contributed by atoms with E-state index in [1.165, 1.54) is 0 Å². The maximum Gasteiger partial charge on any atom is 0.224 e. The normalized spacial score (nSPS) is 12.4. The van der Waals surface area contributed by atoms with Crippen LogP contribution < -0.4 is 5.32 Å². The minimum absolute atomic E-state index is 0.0344. The Labute approximate surface area is 149 Å². The third-order valence-electron chi connectivity index (χ3n) is 3.65. The summed E-state index contributed by atoms with van der Waals surface area (Å²) in [5.74, 6) is -0.105. The quantitative estimate of drug-likeness (QED) is 0.724. The van der Waals surface area contributed by atoms with E-state index in [4.69, 9.17) is 11.6 Å². The average Bonchev–Trinajstić information content (AvgIpc) is 3.03. The molecule has 2 heterocycles. The molecule has 0 radical (unpaired) electrons. The predicted molar refractivity (Wildman–Crippen MR) is 93.4 cm³/mol. The number of nitrogens with zero attached hydrogens (tertiary/aromatic N) is 4. The zero-order valence-corrected chi connectivity index (χ0v) is 15.9. The Hall–Kier alpha value is -1.34. The van der Waals surface area contributed by atoms with Crippen molar-refractivity contribution >= 4 is 33.4 Å². The lowest BCUT2D eigenvalue weighted by atomic mass is 10.1. The molecule has 1 unspecified atom stereocenters. The Kier molecular flexibility index (Phi) is 6.24. The van der Waals surface area contributed by atoms with E-state index in [9.17, 15) is 4.79 Å². The highest BCUT2D eigenvalue weighted by Gasteiger charge is 2.16. The van der Waals surface area contributed by atoms with E-state index in [1.54, 1.807) is 17.1 Å². The number of hydrogen-bond acceptors (Lipinski definition) is 3. The van der Waals surface area contributed by atoms with Crippen LogP contribution in [0.25, 0.3) is 0 Å². The summed E-state index contributed by atoms with van der Waals surface area (Å²) in [6.07, 6.45) is 4.18. The number of hydrogen-bond donors (Lipinski definition) is 1. The first-order chi connectivity index (χ1) is 10.9. The molecule has 0 aromatic carbocycles. The number of amides is 1. The number of rotatable bonds is 7. The van der Waals surface area contributed by atoms with Gasteiger partial charge in [-0.2, -0.15) is 10.2 Å². The van der Waals surface area contributed by atoms with Gasteiger partial charge in [-0.05, 0) is 36.2 Å². The van der Waals surface area contributed by atoms with Crippen LogP contribution in [0.1, 0.15) is 24.7 Å². The van der Waals surface area contributed by atoms with E-state index >= 15 is 0 Å². The number of carbonyl (C=O) groups excluding carboxylic acids is 1. The molecule has 1 atom stereocenters. The number of aromatic nitrogens is 4. The minimum atomic E-state index is -0.140. The number of aryl methyl sites for hydroxylation is 2. The lowest BCUT2D eigenvalue weighted by Crippen LogP contribution is -2.33. The van der Waals surface area contributed by atoms with Crippen molar-refractivity contribution in [1.82, 2.24) is 24.9 Å². The average molecular weight is 403 g/mol. The van der Waals surface area contributed by atoms with Crippen molar-refractivity contribution in [2.24, 2.45) is 5.92 Å². The molecule has 0 saturated carbocycles. The number of nitrogens with one attached hydrogen (secondary N) is 1. The summed E-state index contributed by atoms with van der Waals surface area (Å²) >= 11 is 9.30. The SMILES string of the molecule is Cc1nn(CC(C)C(=O)NCCCn2cc(Cl)cn2)c(C)c1Br. The molecule has 8 heteroatoms. The summed E-state index contributed by atoms with van der Waals surface area (Å²) in [6.45, 7) is 7.75. The second-order valence-electron chi connectivity index (χ2n) is 5.63. The van der Waals surface area contributed by atoms with Crippen molar-refractivity contribution in [2.75, 3.05) is 6.54 Å². The molecule has 0 saturated heterocycles. The van der Waals surface area contributed by atoms with Crippen molar-refractivity contribution in [1.29, 1.82) is 0 Å². The second-order valence-corrected chi connectivity index (χ2v) is 6.86. The first kappa shape index (κ1) is 18.0. The van der Waals surface area contributed by atoms with Gasteiger partial charge in [0.1, 0.15) is 0 Å². The third-order valence-corrected chi connectivity index (χ3v) is 5.00. The molecule has 0 fully saturated rings. The van der Waals surface area contributed by atoms with Crippen molar-refractivity contribution < 1.29 is 4.79 Å². The van der Waals surface area contributed by atoms with Crippen LogP contribution in [0.5, 0.6) is 0 Å². The van der Waals surface area contributed by atoms with Gasteiger partial charge >= 0.3 is 0 Å². The van der Waals surface area contributed by atoms with Crippen LogP contribution in [-0.4, -0.2) is 32.0 Å². The molecule has 0 aliphatic rings. The van der Waals surface area contributed by atoms with Gasteiger partial charge in [-0.3, -0.25) is 14.2 Å². The van der Waals surface area contributed by atoms with E-state index in [0.29, 0.717) is 18.1 Å². The summed E-state index contributed by atoms with van der Waals surface area (Å²) < 4.78 is 4.64. The van der Waals surface area contributed by atoms with Gasteiger partial charge in [-0.1, -0.05) is 18.5 Å². The van der Waals surface area contributed by atoms with Crippen LogP contribution in [0.2, 0.25) is 5.02 Å². The molecule has 2 rings (SSSR count).